The molecule has 0 aliphatic rings. The topological polar surface area (TPSA) is 21.3 Å². The maximum Gasteiger partial charge on any atom is 0.0473 e. The molecule has 2 nitrogen and oxygen atoms in total. The molecule has 108 valence electrons. The van der Waals surface area contributed by atoms with Gasteiger partial charge in [-0.15, -0.1) is 11.8 Å². The van der Waals surface area contributed by atoms with Crippen LogP contribution in [0, 0.1) is 5.92 Å². The number of benzene rings is 1. The molecular formula is C16H27NOS. The fourth-order valence-electron chi connectivity index (χ4n) is 1.75. The molecule has 0 radical (unpaired) electrons. The van der Waals surface area contributed by atoms with Crippen LogP contribution in [0.4, 0.5) is 0 Å². The second-order valence-corrected chi connectivity index (χ2v) is 6.24. The summed E-state index contributed by atoms with van der Waals surface area (Å²) in [5.74, 6) is 1.83. The van der Waals surface area contributed by atoms with Gasteiger partial charge in [0, 0.05) is 30.4 Å². The summed E-state index contributed by atoms with van der Waals surface area (Å²) < 4.78 is 5.35. The van der Waals surface area contributed by atoms with Gasteiger partial charge in [-0.25, -0.2) is 0 Å². The number of thioether (sulfide) groups is 1. The first kappa shape index (κ1) is 16.5. The van der Waals surface area contributed by atoms with Crippen molar-refractivity contribution in [3.63, 3.8) is 0 Å². The van der Waals surface area contributed by atoms with Crippen LogP contribution in [0.2, 0.25) is 0 Å². The first-order valence-electron chi connectivity index (χ1n) is 7.22. The first-order chi connectivity index (χ1) is 9.22. The summed E-state index contributed by atoms with van der Waals surface area (Å²) in [5.41, 5.74) is 1.37. The van der Waals surface area contributed by atoms with Gasteiger partial charge in [-0.1, -0.05) is 26.0 Å². The molecule has 0 aromatic heterocycles. The van der Waals surface area contributed by atoms with Crippen molar-refractivity contribution in [1.29, 1.82) is 0 Å². The predicted molar refractivity (Wildman–Crippen MR) is 84.8 cm³/mol. The van der Waals surface area contributed by atoms with Crippen LogP contribution in [0.3, 0.4) is 0 Å². The molecule has 0 fully saturated rings. The maximum absolute atomic E-state index is 5.35. The molecule has 0 aliphatic heterocycles. The highest BCUT2D eigenvalue weighted by Gasteiger charge is 1.98. The highest BCUT2D eigenvalue weighted by Crippen LogP contribution is 2.20. The Morgan fingerprint density at radius 1 is 1.32 bits per heavy atom. The summed E-state index contributed by atoms with van der Waals surface area (Å²) >= 11 is 1.92. The fraction of sp³-hybridized carbons (Fsp3) is 0.625. The SMILES string of the molecule is CCOCCCSc1cccc(CNCC(C)C)c1. The lowest BCUT2D eigenvalue weighted by Crippen LogP contribution is -2.18. The van der Waals surface area contributed by atoms with E-state index < -0.39 is 0 Å². The first-order valence-corrected chi connectivity index (χ1v) is 8.21. The van der Waals surface area contributed by atoms with Gasteiger partial charge in [0.05, 0.1) is 0 Å². The minimum absolute atomic E-state index is 0.705. The van der Waals surface area contributed by atoms with Crippen LogP contribution in [0.25, 0.3) is 0 Å². The van der Waals surface area contributed by atoms with Gasteiger partial charge in [-0.05, 0) is 43.5 Å². The van der Waals surface area contributed by atoms with E-state index >= 15 is 0 Å². The van der Waals surface area contributed by atoms with Gasteiger partial charge in [0.25, 0.3) is 0 Å². The molecule has 0 saturated carbocycles. The zero-order valence-corrected chi connectivity index (χ0v) is 13.3. The Labute approximate surface area is 122 Å². The lowest BCUT2D eigenvalue weighted by Gasteiger charge is -2.09. The van der Waals surface area contributed by atoms with Crippen molar-refractivity contribution in [1.82, 2.24) is 5.32 Å². The molecule has 1 aromatic rings. The number of nitrogens with one attached hydrogen (secondary N) is 1. The summed E-state index contributed by atoms with van der Waals surface area (Å²) in [6.07, 6.45) is 1.12. The van der Waals surface area contributed by atoms with E-state index in [2.05, 4.69) is 43.4 Å². The lowest BCUT2D eigenvalue weighted by atomic mass is 10.2. The molecule has 0 heterocycles. The van der Waals surface area contributed by atoms with Crippen LogP contribution in [0.15, 0.2) is 29.2 Å². The monoisotopic (exact) mass is 281 g/mol. The van der Waals surface area contributed by atoms with Crippen molar-refractivity contribution in [3.05, 3.63) is 29.8 Å². The zero-order chi connectivity index (χ0) is 13.9. The Kier molecular flexibility index (Phi) is 8.97. The average molecular weight is 281 g/mol. The Morgan fingerprint density at radius 3 is 2.89 bits per heavy atom. The fourth-order valence-corrected chi connectivity index (χ4v) is 2.65. The maximum atomic E-state index is 5.35. The van der Waals surface area contributed by atoms with Crippen LogP contribution in [-0.4, -0.2) is 25.5 Å². The second kappa shape index (κ2) is 10.3. The molecular weight excluding hydrogens is 254 g/mol. The Balaban J connectivity index is 2.27. The highest BCUT2D eigenvalue weighted by atomic mass is 32.2. The summed E-state index contributed by atoms with van der Waals surface area (Å²) in [6, 6.07) is 8.82. The summed E-state index contributed by atoms with van der Waals surface area (Å²) in [4.78, 5) is 1.36. The standard InChI is InChI=1S/C16H27NOS/c1-4-18-9-6-10-19-16-8-5-7-15(11-16)13-17-12-14(2)3/h5,7-8,11,14,17H,4,6,9-10,12-13H2,1-3H3. The van der Waals surface area contributed by atoms with Crippen molar-refractivity contribution in [2.24, 2.45) is 5.92 Å². The van der Waals surface area contributed by atoms with E-state index in [0.29, 0.717) is 5.92 Å². The number of hydrogen-bond acceptors (Lipinski definition) is 3. The third-order valence-corrected chi connectivity index (χ3v) is 3.77. The summed E-state index contributed by atoms with van der Waals surface area (Å²) in [6.45, 7) is 10.2. The van der Waals surface area contributed by atoms with E-state index in [4.69, 9.17) is 4.74 Å². The molecule has 1 rings (SSSR count). The van der Waals surface area contributed by atoms with Gasteiger partial charge >= 0.3 is 0 Å². The molecule has 0 saturated heterocycles. The molecule has 0 atom stereocenters. The van der Waals surface area contributed by atoms with Crippen LogP contribution in [0.5, 0.6) is 0 Å². The quantitative estimate of drug-likeness (QED) is 0.518. The van der Waals surface area contributed by atoms with Gasteiger partial charge in [-0.3, -0.25) is 0 Å². The van der Waals surface area contributed by atoms with Crippen molar-refractivity contribution in [2.75, 3.05) is 25.5 Å². The van der Waals surface area contributed by atoms with Crippen LogP contribution < -0.4 is 5.32 Å². The van der Waals surface area contributed by atoms with Gasteiger partial charge in [0.1, 0.15) is 0 Å². The largest absolute Gasteiger partial charge is 0.382 e. The molecule has 1 N–H and O–H groups in total. The van der Waals surface area contributed by atoms with E-state index in [1.165, 1.54) is 10.5 Å². The molecule has 3 heteroatoms. The van der Waals surface area contributed by atoms with Gasteiger partial charge in [-0.2, -0.15) is 0 Å². The molecule has 0 unspecified atom stereocenters. The molecule has 0 aliphatic carbocycles. The zero-order valence-electron chi connectivity index (χ0n) is 12.4. The van der Waals surface area contributed by atoms with Crippen molar-refractivity contribution in [3.8, 4) is 0 Å². The predicted octanol–water partition coefficient (Wildman–Crippen LogP) is 3.95. The average Bonchev–Trinajstić information content (AvgIpc) is 2.39. The van der Waals surface area contributed by atoms with Crippen LogP contribution in [0.1, 0.15) is 32.8 Å². The number of rotatable bonds is 10. The van der Waals surface area contributed by atoms with Crippen molar-refractivity contribution < 1.29 is 4.74 Å². The summed E-state index contributed by atoms with van der Waals surface area (Å²) in [7, 11) is 0. The van der Waals surface area contributed by atoms with E-state index in [-0.39, 0.29) is 0 Å². The van der Waals surface area contributed by atoms with E-state index in [9.17, 15) is 0 Å². The summed E-state index contributed by atoms with van der Waals surface area (Å²) in [5, 5.41) is 3.48. The second-order valence-electron chi connectivity index (χ2n) is 5.07. The Bertz CT molecular complexity index is 341. The van der Waals surface area contributed by atoms with Crippen molar-refractivity contribution >= 4 is 11.8 Å². The minimum atomic E-state index is 0.705. The van der Waals surface area contributed by atoms with E-state index in [1.807, 2.05) is 18.7 Å². The molecule has 19 heavy (non-hydrogen) atoms. The molecule has 1 aromatic carbocycles. The van der Waals surface area contributed by atoms with Gasteiger partial charge in [0.2, 0.25) is 0 Å². The highest BCUT2D eigenvalue weighted by molar-refractivity contribution is 7.99. The smallest absolute Gasteiger partial charge is 0.0473 e. The van der Waals surface area contributed by atoms with Gasteiger partial charge in [0.15, 0.2) is 0 Å². The minimum Gasteiger partial charge on any atom is -0.382 e. The van der Waals surface area contributed by atoms with Crippen LogP contribution >= 0.6 is 11.8 Å². The molecule has 0 amide bonds. The molecule has 0 bridgehead atoms. The number of hydrogen-bond donors (Lipinski definition) is 1. The Hall–Kier alpha value is -0.510. The van der Waals surface area contributed by atoms with Gasteiger partial charge < -0.3 is 10.1 Å². The van der Waals surface area contributed by atoms with Crippen molar-refractivity contribution in [2.45, 2.75) is 38.6 Å². The third-order valence-electron chi connectivity index (χ3n) is 2.69. The van der Waals surface area contributed by atoms with E-state index in [1.54, 1.807) is 0 Å². The third kappa shape index (κ3) is 8.30. The Morgan fingerprint density at radius 2 is 2.16 bits per heavy atom. The normalized spacial score (nSPS) is 11.2. The molecule has 0 spiro atoms. The van der Waals surface area contributed by atoms with E-state index in [0.717, 1.165) is 38.5 Å². The lowest BCUT2D eigenvalue weighted by molar-refractivity contribution is 0.149. The number of ether oxygens (including phenoxy) is 1. The van der Waals surface area contributed by atoms with Crippen LogP contribution in [-0.2, 0) is 11.3 Å².